The molecular formula is C46H42O8. The second kappa shape index (κ2) is 18.8. The van der Waals surface area contributed by atoms with Gasteiger partial charge in [-0.3, -0.25) is 0 Å². The van der Waals surface area contributed by atoms with E-state index in [4.69, 9.17) is 28.4 Å². The van der Waals surface area contributed by atoms with Crippen LogP contribution >= 0.6 is 0 Å². The first-order valence-corrected chi connectivity index (χ1v) is 17.9. The maximum absolute atomic E-state index is 12.4. The number of hydrogen-bond donors (Lipinski definition) is 0. The molecule has 274 valence electrons. The van der Waals surface area contributed by atoms with Crippen LogP contribution in [0.2, 0.25) is 0 Å². The molecule has 0 aromatic heterocycles. The van der Waals surface area contributed by atoms with Crippen LogP contribution < -0.4 is 18.9 Å². The fraction of sp³-hybridized carbons (Fsp3) is 0.174. The topological polar surface area (TPSA) is 89.5 Å². The summed E-state index contributed by atoms with van der Waals surface area (Å²) in [4.78, 5) is 24.8. The van der Waals surface area contributed by atoms with Crippen LogP contribution in [0.5, 0.6) is 23.0 Å². The lowest BCUT2D eigenvalue weighted by atomic mass is 10.1. The number of fused-ring (bicyclic) bond motifs is 2. The van der Waals surface area contributed by atoms with E-state index in [1.807, 2.05) is 133 Å². The van der Waals surface area contributed by atoms with Gasteiger partial charge >= 0.3 is 11.9 Å². The monoisotopic (exact) mass is 722 g/mol. The lowest BCUT2D eigenvalue weighted by Gasteiger charge is -2.10. The van der Waals surface area contributed by atoms with Crippen molar-refractivity contribution in [2.24, 2.45) is 0 Å². The summed E-state index contributed by atoms with van der Waals surface area (Å²) in [7, 11) is 0. The van der Waals surface area contributed by atoms with Crippen molar-refractivity contribution in [3.63, 3.8) is 0 Å². The third kappa shape index (κ3) is 10.3. The minimum Gasteiger partial charge on any atom is -0.493 e. The summed E-state index contributed by atoms with van der Waals surface area (Å²) in [6.07, 6.45) is 3.95. The van der Waals surface area contributed by atoms with E-state index >= 15 is 0 Å². The minimum absolute atomic E-state index is 0.232. The first-order chi connectivity index (χ1) is 26.4. The molecule has 0 atom stereocenters. The molecule has 0 amide bonds. The number of carbonyl (C=O) groups excluding carboxylic acids is 2. The summed E-state index contributed by atoms with van der Waals surface area (Å²) in [6, 6.07) is 43.0. The molecule has 54 heavy (non-hydrogen) atoms. The fourth-order valence-electron chi connectivity index (χ4n) is 5.54. The van der Waals surface area contributed by atoms with Crippen LogP contribution in [0.25, 0.3) is 32.7 Å². The molecule has 0 heterocycles. The Labute approximate surface area is 315 Å². The highest BCUT2D eigenvalue weighted by atomic mass is 16.5. The molecule has 0 aliphatic carbocycles. The van der Waals surface area contributed by atoms with E-state index in [1.54, 1.807) is 13.8 Å². The third-order valence-corrected chi connectivity index (χ3v) is 8.49. The van der Waals surface area contributed by atoms with Gasteiger partial charge in [-0.2, -0.15) is 0 Å². The van der Waals surface area contributed by atoms with Crippen LogP contribution in [0.4, 0.5) is 0 Å². The molecule has 6 aromatic rings. The summed E-state index contributed by atoms with van der Waals surface area (Å²) in [6.45, 7) is 4.61. The molecule has 6 aromatic carbocycles. The molecule has 0 radical (unpaired) electrons. The Balaban J connectivity index is 0.849. The van der Waals surface area contributed by atoms with Gasteiger partial charge in [-0.1, -0.05) is 97.1 Å². The molecule has 0 saturated heterocycles. The molecule has 8 heteroatoms. The van der Waals surface area contributed by atoms with Crippen LogP contribution in [0.1, 0.15) is 26.7 Å². The first kappa shape index (κ1) is 37.2. The van der Waals surface area contributed by atoms with Crippen LogP contribution in [-0.2, 0) is 19.1 Å². The molecule has 0 bridgehead atoms. The maximum atomic E-state index is 12.4. The van der Waals surface area contributed by atoms with Gasteiger partial charge in [0.15, 0.2) is 0 Å². The summed E-state index contributed by atoms with van der Waals surface area (Å²) in [5.74, 6) is 1.96. The van der Waals surface area contributed by atoms with Gasteiger partial charge in [0.05, 0.1) is 37.6 Å². The SMILES string of the molecule is CC(=COc1cccc2ccccc12)C(=O)OCCCOc1ccc(-c2ccc(OCCCOC(=O)C(C)=COc3cccc4ccccc34)cc2)cc1. The Kier molecular flexibility index (Phi) is 13.0. The van der Waals surface area contributed by atoms with Gasteiger partial charge in [-0.15, -0.1) is 0 Å². The number of esters is 2. The van der Waals surface area contributed by atoms with E-state index in [0.717, 1.165) is 44.2 Å². The molecule has 0 spiro atoms. The zero-order chi connectivity index (χ0) is 37.5. The summed E-state index contributed by atoms with van der Waals surface area (Å²) in [5, 5.41) is 4.07. The maximum Gasteiger partial charge on any atom is 0.336 e. The van der Waals surface area contributed by atoms with Crippen molar-refractivity contribution in [1.29, 1.82) is 0 Å². The molecule has 0 fully saturated rings. The van der Waals surface area contributed by atoms with Gasteiger partial charge in [-0.25, -0.2) is 9.59 Å². The standard InChI is InChI=1S/C46H42O8/c1-33(31-53-43-17-7-13-37-11-3-5-15-41(37)43)45(47)51-29-9-27-49-39-23-19-35(20-24-39)36-21-25-40(26-22-36)50-28-10-30-52-46(48)34(2)32-54-44-18-8-14-38-12-4-6-16-42(38)44/h3-8,11-26,31-32H,9-10,27-30H2,1-2H3. The molecule has 0 unspecified atom stereocenters. The van der Waals surface area contributed by atoms with Gasteiger partial charge in [0, 0.05) is 23.6 Å². The smallest absolute Gasteiger partial charge is 0.336 e. The van der Waals surface area contributed by atoms with E-state index in [1.165, 1.54) is 12.5 Å². The van der Waals surface area contributed by atoms with E-state index in [0.29, 0.717) is 48.7 Å². The van der Waals surface area contributed by atoms with Crippen molar-refractivity contribution in [2.45, 2.75) is 26.7 Å². The zero-order valence-electron chi connectivity index (χ0n) is 30.4. The van der Waals surface area contributed by atoms with Crippen molar-refractivity contribution >= 4 is 33.5 Å². The second-order valence-corrected chi connectivity index (χ2v) is 12.5. The molecule has 0 aliphatic rings. The van der Waals surface area contributed by atoms with Crippen LogP contribution in [0.15, 0.2) is 157 Å². The Morgan fingerprint density at radius 2 is 0.852 bits per heavy atom. The van der Waals surface area contributed by atoms with Crippen molar-refractivity contribution in [3.05, 3.63) is 157 Å². The number of carbonyl (C=O) groups is 2. The number of benzene rings is 6. The Hall–Kier alpha value is -6.54. The normalized spacial score (nSPS) is 11.6. The molecule has 0 saturated carbocycles. The van der Waals surface area contributed by atoms with Crippen molar-refractivity contribution in [2.75, 3.05) is 26.4 Å². The van der Waals surface area contributed by atoms with E-state index in [-0.39, 0.29) is 13.2 Å². The molecule has 0 aliphatic heterocycles. The Morgan fingerprint density at radius 3 is 1.28 bits per heavy atom. The highest BCUT2D eigenvalue weighted by Crippen LogP contribution is 2.28. The molecule has 8 nitrogen and oxygen atoms in total. The van der Waals surface area contributed by atoms with Crippen molar-refractivity contribution in [1.82, 2.24) is 0 Å². The quantitative estimate of drug-likeness (QED) is 0.0398. The number of ether oxygens (including phenoxy) is 6. The largest absolute Gasteiger partial charge is 0.493 e. The van der Waals surface area contributed by atoms with Gasteiger partial charge < -0.3 is 28.4 Å². The average molecular weight is 723 g/mol. The van der Waals surface area contributed by atoms with Gasteiger partial charge in [-0.05, 0) is 72.1 Å². The minimum atomic E-state index is -0.431. The summed E-state index contributed by atoms with van der Waals surface area (Å²) >= 11 is 0. The highest BCUT2D eigenvalue weighted by Gasteiger charge is 2.10. The van der Waals surface area contributed by atoms with Crippen LogP contribution in [0, 0.1) is 0 Å². The molecular weight excluding hydrogens is 680 g/mol. The van der Waals surface area contributed by atoms with Crippen LogP contribution in [-0.4, -0.2) is 38.4 Å². The Bertz CT molecular complexity index is 2070. The molecule has 6 rings (SSSR count). The third-order valence-electron chi connectivity index (χ3n) is 8.49. The fourth-order valence-corrected chi connectivity index (χ4v) is 5.54. The zero-order valence-corrected chi connectivity index (χ0v) is 30.4. The van der Waals surface area contributed by atoms with Gasteiger partial charge in [0.1, 0.15) is 35.5 Å². The van der Waals surface area contributed by atoms with Crippen LogP contribution in [0.3, 0.4) is 0 Å². The van der Waals surface area contributed by atoms with Gasteiger partial charge in [0.2, 0.25) is 0 Å². The average Bonchev–Trinajstić information content (AvgIpc) is 3.22. The number of hydrogen-bond acceptors (Lipinski definition) is 8. The molecule has 0 N–H and O–H groups in total. The summed E-state index contributed by atoms with van der Waals surface area (Å²) < 4.78 is 34.0. The second-order valence-electron chi connectivity index (χ2n) is 12.5. The van der Waals surface area contributed by atoms with Gasteiger partial charge in [0.25, 0.3) is 0 Å². The van der Waals surface area contributed by atoms with Crippen molar-refractivity contribution in [3.8, 4) is 34.1 Å². The lowest BCUT2D eigenvalue weighted by Crippen LogP contribution is -2.10. The highest BCUT2D eigenvalue weighted by molar-refractivity contribution is 5.90. The number of rotatable bonds is 17. The van der Waals surface area contributed by atoms with E-state index < -0.39 is 11.9 Å². The first-order valence-electron chi connectivity index (χ1n) is 17.9. The predicted octanol–water partition coefficient (Wildman–Crippen LogP) is 10.2. The lowest BCUT2D eigenvalue weighted by molar-refractivity contribution is -0.140. The Morgan fingerprint density at radius 1 is 0.463 bits per heavy atom. The summed E-state index contributed by atoms with van der Waals surface area (Å²) in [5.41, 5.74) is 2.83. The van der Waals surface area contributed by atoms with E-state index in [2.05, 4.69) is 0 Å². The van der Waals surface area contributed by atoms with E-state index in [9.17, 15) is 9.59 Å². The predicted molar refractivity (Wildman–Crippen MR) is 211 cm³/mol. The van der Waals surface area contributed by atoms with Crippen molar-refractivity contribution < 1.29 is 38.0 Å².